The van der Waals surface area contributed by atoms with Crippen molar-refractivity contribution in [3.8, 4) is 0 Å². The lowest BCUT2D eigenvalue weighted by Crippen LogP contribution is -2.41. The van der Waals surface area contributed by atoms with Gasteiger partial charge >= 0.3 is 0 Å². The van der Waals surface area contributed by atoms with Crippen molar-refractivity contribution < 1.29 is 13.2 Å². The Morgan fingerprint density at radius 1 is 1.15 bits per heavy atom. The Hall–Kier alpha value is -1.85. The van der Waals surface area contributed by atoms with Crippen LogP contribution in [0.1, 0.15) is 37.0 Å². The van der Waals surface area contributed by atoms with Crippen LogP contribution in [0.2, 0.25) is 0 Å². The summed E-state index contributed by atoms with van der Waals surface area (Å²) in [5.41, 5.74) is 1.08. The fraction of sp³-hybridized carbons (Fsp3) is 0.733. The Morgan fingerprint density at radius 2 is 1.88 bits per heavy atom. The van der Waals surface area contributed by atoms with Gasteiger partial charge in [-0.05, 0) is 30.7 Å². The highest BCUT2D eigenvalue weighted by molar-refractivity contribution is 7.89. The summed E-state index contributed by atoms with van der Waals surface area (Å²) in [6, 6.07) is 0. The third-order valence-corrected chi connectivity index (χ3v) is 6.66. The van der Waals surface area contributed by atoms with E-state index < -0.39 is 10.0 Å². The van der Waals surface area contributed by atoms with Crippen LogP contribution in [-0.4, -0.2) is 69.0 Å². The lowest BCUT2D eigenvalue weighted by molar-refractivity contribution is 0.0730. The maximum Gasteiger partial charge on any atom is 0.246 e. The molecule has 0 saturated carbocycles. The SMILES string of the molecule is CCCCn1nnnc1Cn1nc(C)c(S(=O)(=O)N2CCOCC2)c1C. The number of sulfonamides is 1. The van der Waals surface area contributed by atoms with Gasteiger partial charge in [-0.3, -0.25) is 4.68 Å². The minimum absolute atomic E-state index is 0.270. The number of unbranched alkanes of at least 4 members (excludes halogenated alkanes) is 1. The first-order valence-corrected chi connectivity index (χ1v) is 10.3. The summed E-state index contributed by atoms with van der Waals surface area (Å²) in [6.45, 7) is 8.22. The average molecular weight is 383 g/mol. The zero-order chi connectivity index (χ0) is 18.7. The second kappa shape index (κ2) is 7.80. The fourth-order valence-corrected chi connectivity index (χ4v) is 4.86. The summed E-state index contributed by atoms with van der Waals surface area (Å²) in [6.07, 6.45) is 2.02. The second-order valence-electron chi connectivity index (χ2n) is 6.35. The number of hydrogen-bond donors (Lipinski definition) is 0. The lowest BCUT2D eigenvalue weighted by Gasteiger charge is -2.26. The van der Waals surface area contributed by atoms with Gasteiger partial charge in [-0.15, -0.1) is 5.10 Å². The first-order valence-electron chi connectivity index (χ1n) is 8.82. The Labute approximate surface area is 153 Å². The first kappa shape index (κ1) is 18.9. The highest BCUT2D eigenvalue weighted by Crippen LogP contribution is 2.24. The van der Waals surface area contributed by atoms with Gasteiger partial charge in [0.25, 0.3) is 0 Å². The molecule has 3 heterocycles. The summed E-state index contributed by atoms with van der Waals surface area (Å²) in [5, 5.41) is 16.2. The molecule has 26 heavy (non-hydrogen) atoms. The molecule has 0 bridgehead atoms. The Morgan fingerprint density at radius 3 is 2.58 bits per heavy atom. The third-order valence-electron chi connectivity index (χ3n) is 4.50. The van der Waals surface area contributed by atoms with E-state index in [0.29, 0.717) is 50.1 Å². The highest BCUT2D eigenvalue weighted by Gasteiger charge is 2.32. The van der Waals surface area contributed by atoms with Gasteiger partial charge in [0, 0.05) is 19.6 Å². The molecule has 144 valence electrons. The molecule has 0 spiro atoms. The standard InChI is InChI=1S/C15H25N7O3S/c1-4-5-6-21-14(16-18-19-21)11-22-13(3)15(12(2)17-22)26(23,24)20-7-9-25-10-8-20/h4-11H2,1-3H3. The van der Waals surface area contributed by atoms with E-state index in [0.717, 1.165) is 19.4 Å². The van der Waals surface area contributed by atoms with Crippen LogP contribution in [0, 0.1) is 13.8 Å². The lowest BCUT2D eigenvalue weighted by atomic mass is 10.3. The topological polar surface area (TPSA) is 108 Å². The van der Waals surface area contributed by atoms with Crippen molar-refractivity contribution in [3.05, 3.63) is 17.2 Å². The van der Waals surface area contributed by atoms with Crippen LogP contribution in [-0.2, 0) is 27.8 Å². The molecule has 2 aromatic heterocycles. The molecular weight excluding hydrogens is 358 g/mol. The van der Waals surface area contributed by atoms with E-state index in [-0.39, 0.29) is 4.90 Å². The van der Waals surface area contributed by atoms with Crippen molar-refractivity contribution in [3.63, 3.8) is 0 Å². The Kier molecular flexibility index (Phi) is 5.68. The summed E-state index contributed by atoms with van der Waals surface area (Å²) in [5.74, 6) is 0.666. The maximum absolute atomic E-state index is 13.0. The van der Waals surface area contributed by atoms with Crippen molar-refractivity contribution in [2.45, 2.75) is 51.6 Å². The van der Waals surface area contributed by atoms with Crippen LogP contribution in [0.4, 0.5) is 0 Å². The highest BCUT2D eigenvalue weighted by atomic mass is 32.2. The van der Waals surface area contributed by atoms with Gasteiger partial charge in [-0.2, -0.15) is 9.40 Å². The van der Waals surface area contributed by atoms with Crippen LogP contribution < -0.4 is 0 Å². The van der Waals surface area contributed by atoms with Gasteiger partial charge in [0.1, 0.15) is 11.4 Å². The molecule has 0 atom stereocenters. The molecule has 10 nitrogen and oxygen atoms in total. The number of nitrogens with zero attached hydrogens (tertiary/aromatic N) is 7. The molecule has 1 aliphatic rings. The first-order chi connectivity index (χ1) is 12.4. The number of aryl methyl sites for hydroxylation is 2. The van der Waals surface area contributed by atoms with Crippen LogP contribution in [0.15, 0.2) is 4.90 Å². The van der Waals surface area contributed by atoms with E-state index in [2.05, 4.69) is 27.5 Å². The second-order valence-corrected chi connectivity index (χ2v) is 8.22. The number of aromatic nitrogens is 6. The van der Waals surface area contributed by atoms with Gasteiger partial charge in [-0.25, -0.2) is 13.1 Å². The van der Waals surface area contributed by atoms with Crippen molar-refractivity contribution in [2.75, 3.05) is 26.3 Å². The summed E-state index contributed by atoms with van der Waals surface area (Å²) >= 11 is 0. The number of rotatable bonds is 7. The molecule has 1 aliphatic heterocycles. The van der Waals surface area contributed by atoms with Gasteiger partial charge < -0.3 is 4.74 Å². The molecule has 3 rings (SSSR count). The fourth-order valence-electron chi connectivity index (χ4n) is 3.08. The molecule has 11 heteroatoms. The monoisotopic (exact) mass is 383 g/mol. The van der Waals surface area contributed by atoms with E-state index in [1.807, 2.05) is 0 Å². The van der Waals surface area contributed by atoms with E-state index in [1.54, 1.807) is 23.2 Å². The Balaban J connectivity index is 1.88. The zero-order valence-corrected chi connectivity index (χ0v) is 16.2. The molecular formula is C15H25N7O3S. The van der Waals surface area contributed by atoms with E-state index >= 15 is 0 Å². The van der Waals surface area contributed by atoms with Crippen LogP contribution in [0.3, 0.4) is 0 Å². The summed E-state index contributed by atoms with van der Waals surface area (Å²) in [7, 11) is -3.59. The molecule has 0 unspecified atom stereocenters. The van der Waals surface area contributed by atoms with E-state index in [4.69, 9.17) is 4.74 Å². The van der Waals surface area contributed by atoms with Crippen LogP contribution in [0.25, 0.3) is 0 Å². The van der Waals surface area contributed by atoms with E-state index in [9.17, 15) is 8.42 Å². The molecule has 0 radical (unpaired) electrons. The average Bonchev–Trinajstić information content (AvgIpc) is 3.18. The molecule has 1 fully saturated rings. The van der Waals surface area contributed by atoms with Gasteiger partial charge in [0.2, 0.25) is 10.0 Å². The van der Waals surface area contributed by atoms with Crippen molar-refractivity contribution in [2.24, 2.45) is 0 Å². The molecule has 0 amide bonds. The number of ether oxygens (including phenoxy) is 1. The van der Waals surface area contributed by atoms with Gasteiger partial charge in [0.15, 0.2) is 5.82 Å². The minimum Gasteiger partial charge on any atom is -0.379 e. The number of tetrazole rings is 1. The van der Waals surface area contributed by atoms with Crippen LogP contribution in [0.5, 0.6) is 0 Å². The molecule has 0 N–H and O–H groups in total. The van der Waals surface area contributed by atoms with Crippen molar-refractivity contribution in [1.29, 1.82) is 0 Å². The Bertz CT molecular complexity index is 853. The maximum atomic E-state index is 13.0. The normalized spacial score (nSPS) is 16.3. The quantitative estimate of drug-likeness (QED) is 0.679. The predicted octanol–water partition coefficient (Wildman–Crippen LogP) is 0.356. The van der Waals surface area contributed by atoms with Gasteiger partial charge in [-0.1, -0.05) is 13.3 Å². The van der Waals surface area contributed by atoms with Crippen LogP contribution >= 0.6 is 0 Å². The van der Waals surface area contributed by atoms with E-state index in [1.165, 1.54) is 4.31 Å². The predicted molar refractivity (Wildman–Crippen MR) is 93.1 cm³/mol. The molecule has 1 saturated heterocycles. The minimum atomic E-state index is -3.59. The smallest absolute Gasteiger partial charge is 0.246 e. The van der Waals surface area contributed by atoms with Crippen molar-refractivity contribution in [1.82, 2.24) is 34.3 Å². The largest absolute Gasteiger partial charge is 0.379 e. The molecule has 0 aromatic carbocycles. The molecule has 2 aromatic rings. The number of morpholine rings is 1. The van der Waals surface area contributed by atoms with Gasteiger partial charge in [0.05, 0.1) is 24.6 Å². The summed E-state index contributed by atoms with van der Waals surface area (Å²) in [4.78, 5) is 0.270. The third kappa shape index (κ3) is 3.64. The summed E-state index contributed by atoms with van der Waals surface area (Å²) < 4.78 is 36.2. The zero-order valence-electron chi connectivity index (χ0n) is 15.4. The molecule has 0 aliphatic carbocycles. The van der Waals surface area contributed by atoms with Crippen molar-refractivity contribution >= 4 is 10.0 Å². The number of hydrogen-bond acceptors (Lipinski definition) is 7.